The first-order valence-corrected chi connectivity index (χ1v) is 9.69. The molecule has 3 heterocycles. The predicted octanol–water partition coefficient (Wildman–Crippen LogP) is 3.19. The zero-order valence-corrected chi connectivity index (χ0v) is 15.7. The smallest absolute Gasteiger partial charge is 0.228 e. The lowest BCUT2D eigenvalue weighted by Gasteiger charge is -2.27. The Balaban J connectivity index is 1.62. The van der Waals surface area contributed by atoms with Crippen LogP contribution in [0.5, 0.6) is 0 Å². The number of nitrogens with one attached hydrogen (secondary N) is 2. The number of H-pyrrole nitrogens is 1. The summed E-state index contributed by atoms with van der Waals surface area (Å²) in [5, 5.41) is 11.6. The number of rotatable bonds is 5. The van der Waals surface area contributed by atoms with Gasteiger partial charge in [0.05, 0.1) is 24.2 Å². The highest BCUT2D eigenvalue weighted by Gasteiger charge is 2.45. The summed E-state index contributed by atoms with van der Waals surface area (Å²) in [6.45, 7) is 2.38. The van der Waals surface area contributed by atoms with Gasteiger partial charge in [-0.1, -0.05) is 23.8 Å². The van der Waals surface area contributed by atoms with E-state index in [9.17, 15) is 9.59 Å². The number of hydrogen-bond acceptors (Lipinski definition) is 4. The lowest BCUT2D eigenvalue weighted by Crippen LogP contribution is -2.35. The van der Waals surface area contributed by atoms with E-state index < -0.39 is 5.92 Å². The Morgan fingerprint density at radius 2 is 2.11 bits per heavy atom. The van der Waals surface area contributed by atoms with Gasteiger partial charge in [-0.3, -0.25) is 14.7 Å². The molecule has 0 radical (unpaired) electrons. The first-order valence-electron chi connectivity index (χ1n) is 8.81. The highest BCUT2D eigenvalue weighted by atomic mass is 32.1. The summed E-state index contributed by atoms with van der Waals surface area (Å²) in [5.74, 6) is -0.578. The minimum absolute atomic E-state index is 0.0288. The van der Waals surface area contributed by atoms with Crippen LogP contribution in [0.3, 0.4) is 0 Å². The number of nitrogens with zero attached hydrogens (tertiary/aromatic N) is 2. The first kappa shape index (κ1) is 17.5. The van der Waals surface area contributed by atoms with Gasteiger partial charge >= 0.3 is 0 Å². The van der Waals surface area contributed by atoms with Crippen molar-refractivity contribution in [2.75, 3.05) is 4.90 Å². The van der Waals surface area contributed by atoms with E-state index in [1.54, 1.807) is 22.4 Å². The second-order valence-corrected chi connectivity index (χ2v) is 7.65. The number of carbonyl (C=O) groups excluding carboxylic acids is 2. The maximum absolute atomic E-state index is 12.9. The zero-order valence-electron chi connectivity index (χ0n) is 14.9. The molecule has 2 amide bonds. The highest BCUT2D eigenvalue weighted by molar-refractivity contribution is 7.10. The lowest BCUT2D eigenvalue weighted by atomic mass is 9.97. The quantitative estimate of drug-likeness (QED) is 0.714. The van der Waals surface area contributed by atoms with Gasteiger partial charge in [-0.25, -0.2) is 0 Å². The number of anilines is 1. The van der Waals surface area contributed by atoms with Gasteiger partial charge in [-0.2, -0.15) is 5.10 Å². The molecule has 1 aliphatic heterocycles. The Morgan fingerprint density at radius 1 is 1.30 bits per heavy atom. The van der Waals surface area contributed by atoms with Crippen molar-refractivity contribution < 1.29 is 9.59 Å². The number of thiophene rings is 1. The van der Waals surface area contributed by atoms with E-state index in [1.807, 2.05) is 54.8 Å². The lowest BCUT2D eigenvalue weighted by molar-refractivity contribution is -0.127. The second-order valence-electron chi connectivity index (χ2n) is 6.67. The van der Waals surface area contributed by atoms with E-state index in [4.69, 9.17) is 0 Å². The Morgan fingerprint density at radius 3 is 2.78 bits per heavy atom. The third-order valence-corrected chi connectivity index (χ3v) is 5.76. The molecular weight excluding hydrogens is 360 g/mol. The Labute approximate surface area is 161 Å². The number of amides is 2. The largest absolute Gasteiger partial charge is 0.350 e. The summed E-state index contributed by atoms with van der Waals surface area (Å²) in [6, 6.07) is 13.3. The summed E-state index contributed by atoms with van der Waals surface area (Å²) >= 11 is 1.57. The van der Waals surface area contributed by atoms with Crippen LogP contribution in [-0.4, -0.2) is 22.0 Å². The van der Waals surface area contributed by atoms with Gasteiger partial charge in [0, 0.05) is 23.2 Å². The van der Waals surface area contributed by atoms with Crippen molar-refractivity contribution in [2.45, 2.75) is 25.9 Å². The van der Waals surface area contributed by atoms with Crippen LogP contribution in [0, 0.1) is 12.8 Å². The molecule has 3 aromatic rings. The molecule has 6 nitrogen and oxygen atoms in total. The molecule has 1 fully saturated rings. The Bertz CT molecular complexity index is 920. The molecule has 1 saturated heterocycles. The van der Waals surface area contributed by atoms with Gasteiger partial charge in [0.15, 0.2) is 0 Å². The van der Waals surface area contributed by atoms with Crippen molar-refractivity contribution in [3.05, 3.63) is 70.2 Å². The van der Waals surface area contributed by atoms with Gasteiger partial charge < -0.3 is 10.2 Å². The molecule has 138 valence electrons. The molecule has 7 heteroatoms. The van der Waals surface area contributed by atoms with Crippen LogP contribution in [0.2, 0.25) is 0 Å². The van der Waals surface area contributed by atoms with Crippen LogP contribution in [-0.2, 0) is 16.1 Å². The highest BCUT2D eigenvalue weighted by Crippen LogP contribution is 2.43. The maximum Gasteiger partial charge on any atom is 0.228 e. The minimum atomic E-state index is -0.430. The number of carbonyl (C=O) groups is 2. The molecule has 0 bridgehead atoms. The van der Waals surface area contributed by atoms with Crippen molar-refractivity contribution in [3.63, 3.8) is 0 Å². The van der Waals surface area contributed by atoms with Gasteiger partial charge in [-0.15, -0.1) is 11.3 Å². The average molecular weight is 380 g/mol. The van der Waals surface area contributed by atoms with Gasteiger partial charge in [0.1, 0.15) is 0 Å². The van der Waals surface area contributed by atoms with Crippen molar-refractivity contribution in [1.29, 1.82) is 0 Å². The van der Waals surface area contributed by atoms with Crippen LogP contribution in [0.4, 0.5) is 5.69 Å². The molecule has 2 atom stereocenters. The zero-order chi connectivity index (χ0) is 18.8. The van der Waals surface area contributed by atoms with E-state index in [-0.39, 0.29) is 24.3 Å². The minimum Gasteiger partial charge on any atom is -0.350 e. The molecule has 4 rings (SSSR count). The van der Waals surface area contributed by atoms with Crippen LogP contribution in [0.15, 0.2) is 54.0 Å². The van der Waals surface area contributed by atoms with Gasteiger partial charge in [-0.05, 0) is 36.6 Å². The standard InChI is InChI=1S/C20H20N4O2S/c1-13-4-6-15(7-5-13)24-18(25)11-16(19(24)17-3-2-10-27-17)20(26)21-12-14-8-9-22-23-14/h2-10,16,19H,11-12H2,1H3,(H,21,26)(H,22,23)/t16-,19-/m1/s1. The van der Waals surface area contributed by atoms with Crippen LogP contribution in [0.25, 0.3) is 0 Å². The predicted molar refractivity (Wildman–Crippen MR) is 104 cm³/mol. The van der Waals surface area contributed by atoms with E-state index in [0.29, 0.717) is 6.54 Å². The Kier molecular flexibility index (Phi) is 4.77. The monoisotopic (exact) mass is 380 g/mol. The molecule has 2 N–H and O–H groups in total. The summed E-state index contributed by atoms with van der Waals surface area (Å²) in [6.07, 6.45) is 1.85. The fraction of sp³-hybridized carbons (Fsp3) is 0.250. The van der Waals surface area contributed by atoms with Crippen molar-refractivity contribution in [2.24, 2.45) is 5.92 Å². The van der Waals surface area contributed by atoms with Crippen molar-refractivity contribution in [1.82, 2.24) is 15.5 Å². The molecule has 0 unspecified atom stereocenters. The van der Waals surface area contributed by atoms with E-state index in [0.717, 1.165) is 21.8 Å². The fourth-order valence-corrected chi connectivity index (χ4v) is 4.34. The second kappa shape index (κ2) is 7.36. The van der Waals surface area contributed by atoms with Gasteiger partial charge in [0.25, 0.3) is 0 Å². The van der Waals surface area contributed by atoms with Crippen LogP contribution in [0.1, 0.15) is 28.6 Å². The number of aromatic amines is 1. The van der Waals surface area contributed by atoms with Crippen molar-refractivity contribution >= 4 is 28.8 Å². The average Bonchev–Trinajstić information content (AvgIpc) is 3.41. The third-order valence-electron chi connectivity index (χ3n) is 4.82. The molecule has 27 heavy (non-hydrogen) atoms. The molecule has 0 spiro atoms. The Hall–Kier alpha value is -2.93. The maximum atomic E-state index is 12.9. The molecule has 1 aromatic carbocycles. The SMILES string of the molecule is Cc1ccc(N2C(=O)C[C@@H](C(=O)NCc3ccn[nH]3)[C@@H]2c2cccs2)cc1. The summed E-state index contributed by atoms with van der Waals surface area (Å²) in [4.78, 5) is 28.5. The topological polar surface area (TPSA) is 78.1 Å². The number of benzene rings is 1. The number of aryl methyl sites for hydroxylation is 1. The molecular formula is C20H20N4O2S. The normalized spacial score (nSPS) is 19.4. The summed E-state index contributed by atoms with van der Waals surface area (Å²) in [5.41, 5.74) is 2.79. The molecule has 2 aromatic heterocycles. The first-order chi connectivity index (χ1) is 13.1. The van der Waals surface area contributed by atoms with E-state index >= 15 is 0 Å². The third kappa shape index (κ3) is 3.50. The molecule has 0 saturated carbocycles. The number of aromatic nitrogens is 2. The summed E-state index contributed by atoms with van der Waals surface area (Å²) in [7, 11) is 0. The summed E-state index contributed by atoms with van der Waals surface area (Å²) < 4.78 is 0. The molecule has 0 aliphatic carbocycles. The van der Waals surface area contributed by atoms with Crippen LogP contribution < -0.4 is 10.2 Å². The number of hydrogen-bond donors (Lipinski definition) is 2. The van der Waals surface area contributed by atoms with Crippen molar-refractivity contribution in [3.8, 4) is 0 Å². The molecule has 1 aliphatic rings. The van der Waals surface area contributed by atoms with Gasteiger partial charge in [0.2, 0.25) is 11.8 Å². The fourth-order valence-electron chi connectivity index (χ4n) is 3.46. The van der Waals surface area contributed by atoms with E-state index in [1.165, 1.54) is 0 Å². The van der Waals surface area contributed by atoms with E-state index in [2.05, 4.69) is 15.5 Å². The van der Waals surface area contributed by atoms with Crippen LogP contribution >= 0.6 is 11.3 Å².